The van der Waals surface area contributed by atoms with Gasteiger partial charge in [0.15, 0.2) is 0 Å². The van der Waals surface area contributed by atoms with Crippen molar-refractivity contribution in [2.75, 3.05) is 62.1 Å². The molecule has 1 rings (SSSR count). The molecule has 0 unspecified atom stereocenters. The van der Waals surface area contributed by atoms with Crippen LogP contribution in [0.15, 0.2) is 0 Å². The number of Topliss-reactive ketones (excluding diaryl/α,β-unsaturated/α-hetero) is 1. The second-order valence-corrected chi connectivity index (χ2v) is 10.5. The lowest BCUT2D eigenvalue weighted by molar-refractivity contribution is -0.849. The lowest BCUT2D eigenvalue weighted by atomic mass is 8.87. The van der Waals surface area contributed by atoms with Crippen molar-refractivity contribution in [3.63, 3.8) is 0 Å². The molecule has 0 atom stereocenters. The molecular formula is C13H31B12N2OS+2. The summed E-state index contributed by atoms with van der Waals surface area (Å²) in [5.74, 6) is 2.07. The first-order valence-corrected chi connectivity index (χ1v) is 11.0. The van der Waals surface area contributed by atoms with Gasteiger partial charge in [-0.1, -0.05) is 0 Å². The highest BCUT2D eigenvalue weighted by Gasteiger charge is 2.25. The third kappa shape index (κ3) is 39.7. The van der Waals surface area contributed by atoms with Crippen molar-refractivity contribution >= 4 is 102 Å². The molecule has 0 aromatic carbocycles. The van der Waals surface area contributed by atoms with Gasteiger partial charge < -0.3 is 8.97 Å². The number of ketones is 1. The number of hydrogen-bond donors (Lipinski definition) is 0. The van der Waals surface area contributed by atoms with Crippen LogP contribution < -0.4 is 0 Å². The average Bonchev–Trinajstić information content (AvgIpc) is 2.51. The maximum atomic E-state index is 10.8. The van der Waals surface area contributed by atoms with Gasteiger partial charge >= 0.3 is 0 Å². The van der Waals surface area contributed by atoms with E-state index in [-0.39, 0.29) is 0 Å². The van der Waals surface area contributed by atoms with Gasteiger partial charge in [-0.2, -0.15) is 0 Å². The highest BCUT2D eigenvalue weighted by Crippen LogP contribution is 2.25. The van der Waals surface area contributed by atoms with Crippen molar-refractivity contribution in [1.29, 1.82) is 0 Å². The van der Waals surface area contributed by atoms with Crippen molar-refractivity contribution in [2.45, 2.75) is 12.8 Å². The number of hydrogen-bond acceptors (Lipinski definition) is 2. The van der Waals surface area contributed by atoms with Gasteiger partial charge in [-0.3, -0.25) is 4.79 Å². The van der Waals surface area contributed by atoms with Crippen LogP contribution in [0, 0.1) is 5.92 Å². The molecule has 0 heterocycles. The summed E-state index contributed by atoms with van der Waals surface area (Å²) in [6.45, 7) is 0. The molecule has 16 heteroatoms. The van der Waals surface area contributed by atoms with Gasteiger partial charge in [0.05, 0.1) is 56.4 Å². The highest BCUT2D eigenvalue weighted by atomic mass is 32.2. The second-order valence-electron chi connectivity index (χ2n) is 9.57. The van der Waals surface area contributed by atoms with Crippen LogP contribution in [0.4, 0.5) is 0 Å². The second kappa shape index (κ2) is 19.4. The summed E-state index contributed by atoms with van der Waals surface area (Å²) in [5, 5.41) is 0. The Labute approximate surface area is 196 Å². The molecule has 3 nitrogen and oxygen atoms in total. The number of nitrogens with zero attached hydrogens (tertiary/aromatic N) is 2. The average molecular weight is 393 g/mol. The minimum Gasteiger partial charge on any atom is -0.333 e. The van der Waals surface area contributed by atoms with Crippen molar-refractivity contribution in [3.8, 4) is 0 Å². The van der Waals surface area contributed by atoms with E-state index in [1.54, 1.807) is 18.7 Å². The van der Waals surface area contributed by atoms with Crippen molar-refractivity contribution in [3.05, 3.63) is 0 Å². The number of rotatable bonds is 13. The lowest BCUT2D eigenvalue weighted by Crippen LogP contribution is -2.33. The van der Waals surface area contributed by atoms with Crippen LogP contribution in [-0.2, 0) is 4.79 Å². The summed E-state index contributed by atoms with van der Waals surface area (Å²) < 4.78 is 2.00. The van der Waals surface area contributed by atoms with Crippen LogP contribution in [0.2, 0.25) is 0 Å². The Balaban J connectivity index is 0. The van der Waals surface area contributed by atoms with Crippen LogP contribution in [0.25, 0.3) is 0 Å². The summed E-state index contributed by atoms with van der Waals surface area (Å²) in [6, 6.07) is 0. The van der Waals surface area contributed by atoms with Crippen LogP contribution in [0.1, 0.15) is 12.8 Å². The topological polar surface area (TPSA) is 17.1 Å². The summed E-state index contributed by atoms with van der Waals surface area (Å²) >= 11 is 1.77. The first-order valence-electron chi connectivity index (χ1n) is 9.90. The molecule has 139 valence electrons. The fraction of sp³-hybridized carbons (Fsp3) is 0.923. The van der Waals surface area contributed by atoms with Gasteiger partial charge in [0, 0.05) is 91.2 Å². The Morgan fingerprint density at radius 1 is 0.759 bits per heavy atom. The standard InChI is InChI=1S/C5H7B12OS.2C4H12N/c6-7-8-9-10-11-12-13-14-15-16-17-19-3-4-1-5(18)2-4;2*1-5(2,3)4/h4H,1-3H2;2*1-4H3/q;2*+1. The van der Waals surface area contributed by atoms with E-state index in [2.05, 4.69) is 62.8 Å². The zero-order valence-corrected chi connectivity index (χ0v) is 20.7. The van der Waals surface area contributed by atoms with Gasteiger partial charge in [-0.25, -0.2) is 11.6 Å². The highest BCUT2D eigenvalue weighted by molar-refractivity contribution is 8.27. The van der Waals surface area contributed by atoms with E-state index in [1.165, 1.54) is 7.06 Å². The molecule has 1 fully saturated rings. The molecular weight excluding hydrogens is 362 g/mol. The Morgan fingerprint density at radius 2 is 1.10 bits per heavy atom. The minimum atomic E-state index is 0.409. The number of carbonyl (C=O) groups is 1. The molecule has 0 aromatic rings. The van der Waals surface area contributed by atoms with Crippen molar-refractivity contribution in [1.82, 2.24) is 0 Å². The Bertz CT molecular complexity index is 365. The Hall–Kier alpha value is 0.719. The molecule has 0 bridgehead atoms. The fourth-order valence-electron chi connectivity index (χ4n) is 1.51. The maximum absolute atomic E-state index is 10.8. The smallest absolute Gasteiger partial charge is 0.134 e. The summed E-state index contributed by atoms with van der Waals surface area (Å²) in [6.07, 6.45) is 3.63. The molecule has 1 saturated carbocycles. The molecule has 1 aliphatic carbocycles. The van der Waals surface area contributed by atoms with E-state index >= 15 is 0 Å². The first kappa shape index (κ1) is 31.9. The molecule has 0 N–H and O–H groups in total. The molecule has 0 spiro atoms. The maximum Gasteiger partial charge on any atom is 0.134 e. The van der Waals surface area contributed by atoms with E-state index in [4.69, 9.17) is 7.74 Å². The van der Waals surface area contributed by atoms with Crippen LogP contribution in [-0.4, -0.2) is 162 Å². The summed E-state index contributed by atoms with van der Waals surface area (Å²) in [4.78, 5) is 10.8. The van der Waals surface area contributed by atoms with Crippen LogP contribution in [0.3, 0.4) is 0 Å². The first-order chi connectivity index (χ1) is 13.3. The van der Waals surface area contributed by atoms with Gasteiger partial charge in [0.25, 0.3) is 0 Å². The zero-order chi connectivity index (χ0) is 22.8. The predicted octanol–water partition coefficient (Wildman–Crippen LogP) is -2.76. The van der Waals surface area contributed by atoms with E-state index in [9.17, 15) is 4.79 Å². The van der Waals surface area contributed by atoms with Crippen molar-refractivity contribution in [2.24, 2.45) is 5.92 Å². The SMILES string of the molecule is C[N+](C)(C)C.C[N+](C)(C)C.[B][B][B][B][B][B][B][B][B][B][B][B]SCC1CC(=O)C1. The van der Waals surface area contributed by atoms with Gasteiger partial charge in [-0.15, -0.1) is 0 Å². The third-order valence-corrected chi connectivity index (χ3v) is 3.55. The van der Waals surface area contributed by atoms with E-state index in [0.717, 1.165) is 27.6 Å². The van der Waals surface area contributed by atoms with E-state index < -0.39 is 0 Å². The van der Waals surface area contributed by atoms with Crippen molar-refractivity contribution < 1.29 is 13.8 Å². The molecule has 0 amide bonds. The Morgan fingerprint density at radius 3 is 1.45 bits per heavy atom. The Kier molecular flexibility index (Phi) is 21.4. The molecule has 1 aliphatic rings. The molecule has 0 aromatic heterocycles. The van der Waals surface area contributed by atoms with E-state index in [1.807, 2.05) is 56.5 Å². The van der Waals surface area contributed by atoms with Gasteiger partial charge in [-0.05, 0) is 11.7 Å². The zero-order valence-electron chi connectivity index (χ0n) is 19.8. The third-order valence-electron chi connectivity index (χ3n) is 2.54. The molecule has 0 aliphatic heterocycles. The quantitative estimate of drug-likeness (QED) is 0.192. The van der Waals surface area contributed by atoms with Gasteiger partial charge in [0.1, 0.15) is 12.2 Å². The largest absolute Gasteiger partial charge is 0.333 e. The lowest BCUT2D eigenvalue weighted by Gasteiger charge is -2.23. The van der Waals surface area contributed by atoms with Crippen LogP contribution in [0.5, 0.6) is 0 Å². The molecule has 0 saturated heterocycles. The minimum absolute atomic E-state index is 0.409. The summed E-state index contributed by atoms with van der Waals surface area (Å²) in [5.41, 5.74) is 0. The fourth-order valence-corrected chi connectivity index (χ4v) is 2.33. The number of quaternary nitrogens is 2. The normalized spacial score (nSPS) is 12.9. The van der Waals surface area contributed by atoms with Crippen LogP contribution >= 0.6 is 11.6 Å². The summed E-state index contributed by atoms with van der Waals surface area (Å²) in [7, 11) is 41.1. The molecule has 13 radical (unpaired) electrons. The predicted molar refractivity (Wildman–Crippen MR) is 147 cm³/mol. The monoisotopic (exact) mass is 395 g/mol. The number of carbonyl (C=O) groups excluding carboxylic acids is 1. The molecule has 29 heavy (non-hydrogen) atoms. The van der Waals surface area contributed by atoms with E-state index in [0.29, 0.717) is 11.7 Å². The van der Waals surface area contributed by atoms with Gasteiger partial charge in [0.2, 0.25) is 0 Å².